The molecule has 4 nitrogen and oxygen atoms in total. The molecule has 0 saturated carbocycles. The van der Waals surface area contributed by atoms with Gasteiger partial charge in [0.25, 0.3) is 10.1 Å². The van der Waals surface area contributed by atoms with Gasteiger partial charge in [0.1, 0.15) is 18.1 Å². The molecule has 0 saturated heterocycles. The smallest absolute Gasteiger partial charge is 0.264 e. The quantitative estimate of drug-likeness (QED) is 0.694. The van der Waals surface area contributed by atoms with E-state index in [0.717, 1.165) is 18.4 Å². The molecule has 0 unspecified atom stereocenters. The minimum atomic E-state index is -3.38. The van der Waals surface area contributed by atoms with Crippen LogP contribution in [-0.2, 0) is 27.3 Å². The second-order valence-corrected chi connectivity index (χ2v) is 4.33. The van der Waals surface area contributed by atoms with E-state index in [-0.39, 0.29) is 6.61 Å². The van der Waals surface area contributed by atoms with Crippen molar-refractivity contribution in [1.29, 1.82) is 0 Å². The van der Waals surface area contributed by atoms with Gasteiger partial charge in [0.05, 0.1) is 6.26 Å². The lowest BCUT2D eigenvalue weighted by molar-refractivity contribution is 0.273. The SMILES string of the molecule is CCc1ccc(COS(C)(=O)=O)o1. The fourth-order valence-corrected chi connectivity index (χ4v) is 1.19. The van der Waals surface area contributed by atoms with E-state index in [0.29, 0.717) is 5.76 Å². The van der Waals surface area contributed by atoms with Crippen molar-refractivity contribution in [2.24, 2.45) is 0 Å². The molecule has 5 heteroatoms. The zero-order valence-corrected chi connectivity index (χ0v) is 8.43. The second-order valence-electron chi connectivity index (χ2n) is 2.69. The predicted octanol–water partition coefficient (Wildman–Crippen LogP) is 1.32. The Labute approximate surface area is 77.6 Å². The van der Waals surface area contributed by atoms with Gasteiger partial charge in [-0.1, -0.05) is 6.92 Å². The molecule has 0 atom stereocenters. The summed E-state index contributed by atoms with van der Waals surface area (Å²) in [7, 11) is -3.38. The molecule has 0 aliphatic heterocycles. The minimum absolute atomic E-state index is 0.0289. The lowest BCUT2D eigenvalue weighted by atomic mass is 10.4. The lowest BCUT2D eigenvalue weighted by Crippen LogP contribution is -2.01. The predicted molar refractivity (Wildman–Crippen MR) is 47.7 cm³/mol. The highest BCUT2D eigenvalue weighted by Gasteiger charge is 2.05. The lowest BCUT2D eigenvalue weighted by Gasteiger charge is -1.96. The van der Waals surface area contributed by atoms with Gasteiger partial charge in [0.2, 0.25) is 0 Å². The Bertz CT molecular complexity index is 363. The average molecular weight is 204 g/mol. The summed E-state index contributed by atoms with van der Waals surface area (Å²) in [5.41, 5.74) is 0. The molecule has 0 aliphatic rings. The molecule has 0 radical (unpaired) electrons. The maximum atomic E-state index is 10.6. The van der Waals surface area contributed by atoms with Crippen LogP contribution in [0.5, 0.6) is 0 Å². The Morgan fingerprint density at radius 3 is 2.46 bits per heavy atom. The van der Waals surface area contributed by atoms with E-state index in [1.807, 2.05) is 6.92 Å². The molecule has 74 valence electrons. The molecule has 1 rings (SSSR count). The van der Waals surface area contributed by atoms with Gasteiger partial charge >= 0.3 is 0 Å². The van der Waals surface area contributed by atoms with Crippen LogP contribution in [0.3, 0.4) is 0 Å². The molecule has 1 aromatic rings. The Hall–Kier alpha value is -0.810. The van der Waals surface area contributed by atoms with Crippen molar-refractivity contribution in [3.63, 3.8) is 0 Å². The van der Waals surface area contributed by atoms with Crippen LogP contribution in [0.1, 0.15) is 18.4 Å². The van der Waals surface area contributed by atoms with Gasteiger partial charge in [-0.3, -0.25) is 4.18 Å². The molecule has 0 amide bonds. The van der Waals surface area contributed by atoms with Gasteiger partial charge in [-0.15, -0.1) is 0 Å². The normalized spacial score (nSPS) is 11.8. The number of furan rings is 1. The van der Waals surface area contributed by atoms with Crippen molar-refractivity contribution >= 4 is 10.1 Å². The number of rotatable bonds is 4. The van der Waals surface area contributed by atoms with Crippen LogP contribution in [0.4, 0.5) is 0 Å². The first-order valence-electron chi connectivity index (χ1n) is 3.93. The van der Waals surface area contributed by atoms with Crippen LogP contribution in [0.15, 0.2) is 16.5 Å². The maximum absolute atomic E-state index is 10.6. The molecule has 13 heavy (non-hydrogen) atoms. The molecular weight excluding hydrogens is 192 g/mol. The van der Waals surface area contributed by atoms with E-state index in [1.165, 1.54) is 0 Å². The van der Waals surface area contributed by atoms with E-state index >= 15 is 0 Å². The highest BCUT2D eigenvalue weighted by atomic mass is 32.2. The summed E-state index contributed by atoms with van der Waals surface area (Å²) in [4.78, 5) is 0. The molecule has 0 fully saturated rings. The van der Waals surface area contributed by atoms with Gasteiger partial charge in [-0.2, -0.15) is 8.42 Å². The van der Waals surface area contributed by atoms with Crippen molar-refractivity contribution in [3.8, 4) is 0 Å². The summed E-state index contributed by atoms with van der Waals surface area (Å²) in [6.45, 7) is 1.93. The summed E-state index contributed by atoms with van der Waals surface area (Å²) in [6, 6.07) is 3.52. The summed E-state index contributed by atoms with van der Waals surface area (Å²) in [5, 5.41) is 0. The summed E-state index contributed by atoms with van der Waals surface area (Å²) < 4.78 is 31.0. The zero-order valence-electron chi connectivity index (χ0n) is 7.61. The highest BCUT2D eigenvalue weighted by Crippen LogP contribution is 2.10. The van der Waals surface area contributed by atoms with Gasteiger partial charge in [0, 0.05) is 6.42 Å². The average Bonchev–Trinajstić information content (AvgIpc) is 2.47. The van der Waals surface area contributed by atoms with E-state index in [4.69, 9.17) is 4.42 Å². The van der Waals surface area contributed by atoms with Crippen molar-refractivity contribution in [1.82, 2.24) is 0 Å². The second kappa shape index (κ2) is 3.93. The van der Waals surface area contributed by atoms with Crippen molar-refractivity contribution in [2.45, 2.75) is 20.0 Å². The standard InChI is InChI=1S/C8H12O4S/c1-3-7-4-5-8(12-7)6-11-13(2,9)10/h4-5H,3,6H2,1-2H3. The van der Waals surface area contributed by atoms with Crippen LogP contribution >= 0.6 is 0 Å². The molecule has 0 N–H and O–H groups in total. The van der Waals surface area contributed by atoms with Crippen molar-refractivity contribution in [2.75, 3.05) is 6.26 Å². The molecule has 1 heterocycles. The monoisotopic (exact) mass is 204 g/mol. The van der Waals surface area contributed by atoms with Gasteiger partial charge in [-0.25, -0.2) is 0 Å². The van der Waals surface area contributed by atoms with Crippen molar-refractivity contribution in [3.05, 3.63) is 23.7 Å². The molecule has 0 aliphatic carbocycles. The van der Waals surface area contributed by atoms with Crippen molar-refractivity contribution < 1.29 is 17.0 Å². The fraction of sp³-hybridized carbons (Fsp3) is 0.500. The van der Waals surface area contributed by atoms with Gasteiger partial charge in [-0.05, 0) is 12.1 Å². The first kappa shape index (κ1) is 10.3. The number of aryl methyl sites for hydroxylation is 1. The molecule has 0 aromatic carbocycles. The van der Waals surface area contributed by atoms with Gasteiger partial charge < -0.3 is 4.42 Å². The van der Waals surface area contributed by atoms with Crippen LogP contribution in [0.2, 0.25) is 0 Å². The van der Waals surface area contributed by atoms with E-state index in [2.05, 4.69) is 4.18 Å². The third-order valence-corrected chi connectivity index (χ3v) is 2.03. The van der Waals surface area contributed by atoms with Crippen LogP contribution in [-0.4, -0.2) is 14.7 Å². The third kappa shape index (κ3) is 3.61. The Kier molecular flexibility index (Phi) is 3.11. The van der Waals surface area contributed by atoms with E-state index in [9.17, 15) is 8.42 Å². The summed E-state index contributed by atoms with van der Waals surface area (Å²) in [6.07, 6.45) is 1.80. The summed E-state index contributed by atoms with van der Waals surface area (Å²) in [5.74, 6) is 1.36. The van der Waals surface area contributed by atoms with Crippen LogP contribution < -0.4 is 0 Å². The Morgan fingerprint density at radius 1 is 1.38 bits per heavy atom. The molecule has 0 bridgehead atoms. The third-order valence-electron chi connectivity index (χ3n) is 1.48. The Balaban J connectivity index is 2.55. The molecule has 0 spiro atoms. The largest absolute Gasteiger partial charge is 0.464 e. The number of hydrogen-bond donors (Lipinski definition) is 0. The zero-order chi connectivity index (χ0) is 9.90. The maximum Gasteiger partial charge on any atom is 0.264 e. The fourth-order valence-electron chi connectivity index (χ4n) is 0.855. The van der Waals surface area contributed by atoms with Crippen LogP contribution in [0, 0.1) is 0 Å². The topological polar surface area (TPSA) is 56.5 Å². The minimum Gasteiger partial charge on any atom is -0.464 e. The molecule has 1 aromatic heterocycles. The molecular formula is C8H12O4S. The first-order chi connectivity index (χ1) is 6.01. The van der Waals surface area contributed by atoms with Gasteiger partial charge in [0.15, 0.2) is 0 Å². The van der Waals surface area contributed by atoms with Crippen LogP contribution in [0.25, 0.3) is 0 Å². The highest BCUT2D eigenvalue weighted by molar-refractivity contribution is 7.85. The first-order valence-corrected chi connectivity index (χ1v) is 5.75. The van der Waals surface area contributed by atoms with E-state index in [1.54, 1.807) is 12.1 Å². The summed E-state index contributed by atoms with van der Waals surface area (Å²) >= 11 is 0. The van der Waals surface area contributed by atoms with E-state index < -0.39 is 10.1 Å². The number of hydrogen-bond acceptors (Lipinski definition) is 4. The Morgan fingerprint density at radius 2 is 2.00 bits per heavy atom.